The number of halogens is 4. The summed E-state index contributed by atoms with van der Waals surface area (Å²) in [6.45, 7) is 7.69. The quantitative estimate of drug-likeness (QED) is 0.205. The number of hydrogen-bond acceptors (Lipinski definition) is 6. The molecule has 0 radical (unpaired) electrons. The number of aromatic nitrogens is 2. The molecule has 45 heavy (non-hydrogen) atoms. The van der Waals surface area contributed by atoms with Crippen molar-refractivity contribution in [2.45, 2.75) is 43.9 Å². The second-order valence-electron chi connectivity index (χ2n) is 12.4. The summed E-state index contributed by atoms with van der Waals surface area (Å²) in [5.74, 6) is -1.08. The zero-order valence-corrected chi connectivity index (χ0v) is 26.4. The Hall–Kier alpha value is -3.53. The van der Waals surface area contributed by atoms with Crippen molar-refractivity contribution in [2.24, 2.45) is 0 Å². The minimum absolute atomic E-state index is 0.188. The van der Waals surface area contributed by atoms with Crippen LogP contribution in [0.5, 0.6) is 6.01 Å². The molecule has 0 N–H and O–H groups in total. The van der Waals surface area contributed by atoms with Gasteiger partial charge in [0.2, 0.25) is 0 Å². The van der Waals surface area contributed by atoms with Crippen molar-refractivity contribution in [2.75, 3.05) is 44.2 Å². The highest BCUT2D eigenvalue weighted by molar-refractivity contribution is 6.38. The van der Waals surface area contributed by atoms with Crippen molar-refractivity contribution in [3.63, 3.8) is 0 Å². The van der Waals surface area contributed by atoms with Gasteiger partial charge in [0.25, 0.3) is 5.91 Å². The van der Waals surface area contributed by atoms with Crippen molar-refractivity contribution in [1.29, 1.82) is 0 Å². The number of rotatable bonds is 6. The molecule has 3 aromatic carbocycles. The third kappa shape index (κ3) is 5.38. The average Bonchev–Trinajstić information content (AvgIpc) is 3.54. The van der Waals surface area contributed by atoms with Gasteiger partial charge >= 0.3 is 6.01 Å². The molecule has 3 fully saturated rings. The van der Waals surface area contributed by atoms with Gasteiger partial charge in [0, 0.05) is 65.0 Å². The lowest BCUT2D eigenvalue weighted by atomic mass is 9.95. The van der Waals surface area contributed by atoms with Crippen LogP contribution >= 0.6 is 23.2 Å². The number of nitrogens with zero attached hydrogens (tertiary/aromatic N) is 5. The lowest BCUT2D eigenvalue weighted by Crippen LogP contribution is -2.54. The second-order valence-corrected chi connectivity index (χ2v) is 13.2. The lowest BCUT2D eigenvalue weighted by Gasteiger charge is -2.40. The van der Waals surface area contributed by atoms with Crippen LogP contribution in [0.3, 0.4) is 0 Å². The molecule has 3 aliphatic rings. The van der Waals surface area contributed by atoms with E-state index in [1.165, 1.54) is 4.90 Å². The van der Waals surface area contributed by atoms with Gasteiger partial charge in [-0.3, -0.25) is 9.69 Å². The van der Waals surface area contributed by atoms with E-state index < -0.39 is 17.9 Å². The standard InChI is InChI=1S/C34H33Cl2F2N5O2/c1-20-17-41(32(44)21(2)37)12-13-43(20)31-26-14-28(36)25(24-8-3-6-22-7-4-9-27(35)30(22)24)15-29(26)39-33(40-31)45-19-34-10-5-11-42(34)18-23(38)16-34/h3-4,6-9,14-15,20,23H,2,5,10-13,16-19H2,1H3/t20-,23+,34-/m0/s1. The molecular formula is C34H33Cl2F2N5O2. The van der Waals surface area contributed by atoms with Gasteiger partial charge in [-0.25, -0.2) is 8.78 Å². The molecule has 3 aliphatic heterocycles. The van der Waals surface area contributed by atoms with Crippen LogP contribution in [0.2, 0.25) is 10.0 Å². The van der Waals surface area contributed by atoms with Gasteiger partial charge in [0.15, 0.2) is 5.83 Å². The summed E-state index contributed by atoms with van der Waals surface area (Å²) in [5, 5.41) is 3.72. The van der Waals surface area contributed by atoms with E-state index in [0.717, 1.165) is 41.3 Å². The Morgan fingerprint density at radius 1 is 1.07 bits per heavy atom. The number of fused-ring (bicyclic) bond motifs is 3. The first-order valence-corrected chi connectivity index (χ1v) is 16.0. The zero-order chi connectivity index (χ0) is 31.5. The number of ether oxygens (including phenoxy) is 1. The van der Waals surface area contributed by atoms with E-state index in [9.17, 15) is 13.6 Å². The number of amides is 1. The van der Waals surface area contributed by atoms with E-state index in [1.807, 2.05) is 55.5 Å². The molecule has 7 nitrogen and oxygen atoms in total. The number of hydrogen-bond donors (Lipinski definition) is 0. The van der Waals surface area contributed by atoms with E-state index in [1.54, 1.807) is 0 Å². The summed E-state index contributed by atoms with van der Waals surface area (Å²) in [6, 6.07) is 15.5. The summed E-state index contributed by atoms with van der Waals surface area (Å²) in [5.41, 5.74) is 1.90. The monoisotopic (exact) mass is 651 g/mol. The number of carbonyl (C=O) groups is 1. The van der Waals surface area contributed by atoms with Crippen molar-refractivity contribution in [3.05, 3.63) is 71.0 Å². The number of carbonyl (C=O) groups excluding carboxylic acids is 1. The van der Waals surface area contributed by atoms with E-state index in [2.05, 4.69) is 16.4 Å². The number of alkyl halides is 1. The van der Waals surface area contributed by atoms with Gasteiger partial charge in [0.1, 0.15) is 18.6 Å². The fourth-order valence-electron chi connectivity index (χ4n) is 7.40. The summed E-state index contributed by atoms with van der Waals surface area (Å²) in [4.78, 5) is 27.8. The van der Waals surface area contributed by atoms with Crippen LogP contribution in [0.15, 0.2) is 60.9 Å². The molecule has 4 aromatic rings. The van der Waals surface area contributed by atoms with Crippen LogP contribution in [0.1, 0.15) is 26.2 Å². The maximum Gasteiger partial charge on any atom is 0.319 e. The van der Waals surface area contributed by atoms with E-state index >= 15 is 0 Å². The Morgan fingerprint density at radius 3 is 2.64 bits per heavy atom. The van der Waals surface area contributed by atoms with Gasteiger partial charge in [-0.1, -0.05) is 60.1 Å². The topological polar surface area (TPSA) is 61.8 Å². The van der Waals surface area contributed by atoms with Gasteiger partial charge in [-0.2, -0.15) is 9.97 Å². The SMILES string of the molecule is C=C(F)C(=O)N1CCN(c2nc(OC[C@@]34CCCN3C[C@H](F)C4)nc3cc(-c4cccc5cccc(Cl)c45)c(Cl)cc23)[C@@H](C)C1. The van der Waals surface area contributed by atoms with Crippen molar-refractivity contribution in [3.8, 4) is 17.1 Å². The minimum atomic E-state index is -0.977. The van der Waals surface area contributed by atoms with Crippen molar-refractivity contribution >= 4 is 56.6 Å². The third-order valence-corrected chi connectivity index (χ3v) is 10.2. The summed E-state index contributed by atoms with van der Waals surface area (Å²) in [6.07, 6.45) is 1.42. The molecule has 4 heterocycles. The largest absolute Gasteiger partial charge is 0.461 e. The van der Waals surface area contributed by atoms with Gasteiger partial charge in [-0.05, 0) is 55.5 Å². The first-order chi connectivity index (χ1) is 21.6. The molecule has 1 aromatic heterocycles. The Bertz CT molecular complexity index is 1830. The number of anilines is 1. The second kappa shape index (κ2) is 11.7. The maximum absolute atomic E-state index is 14.5. The fraction of sp³-hybridized carbons (Fsp3) is 0.382. The van der Waals surface area contributed by atoms with Crippen LogP contribution < -0.4 is 9.64 Å². The maximum atomic E-state index is 14.5. The lowest BCUT2D eigenvalue weighted by molar-refractivity contribution is -0.129. The predicted molar refractivity (Wildman–Crippen MR) is 175 cm³/mol. The molecule has 0 bridgehead atoms. The molecule has 3 atom stereocenters. The van der Waals surface area contributed by atoms with Crippen LogP contribution in [-0.4, -0.2) is 82.8 Å². The Kier molecular flexibility index (Phi) is 7.82. The van der Waals surface area contributed by atoms with Crippen LogP contribution in [0.25, 0.3) is 32.8 Å². The Morgan fingerprint density at radius 2 is 1.87 bits per heavy atom. The average molecular weight is 653 g/mol. The highest BCUT2D eigenvalue weighted by Crippen LogP contribution is 2.42. The van der Waals surface area contributed by atoms with Gasteiger partial charge in [0.05, 0.1) is 11.1 Å². The minimum Gasteiger partial charge on any atom is -0.461 e. The van der Waals surface area contributed by atoms with Crippen LogP contribution in [0, 0.1) is 0 Å². The predicted octanol–water partition coefficient (Wildman–Crippen LogP) is 7.23. The van der Waals surface area contributed by atoms with E-state index in [4.69, 9.17) is 37.9 Å². The number of benzene rings is 3. The van der Waals surface area contributed by atoms with Crippen molar-refractivity contribution in [1.82, 2.24) is 19.8 Å². The molecular weight excluding hydrogens is 619 g/mol. The van der Waals surface area contributed by atoms with Crippen LogP contribution in [-0.2, 0) is 4.79 Å². The highest BCUT2D eigenvalue weighted by atomic mass is 35.5. The third-order valence-electron chi connectivity index (χ3n) is 9.54. The normalized spacial score (nSPS) is 23.6. The molecule has 234 valence electrons. The zero-order valence-electron chi connectivity index (χ0n) is 24.9. The smallest absolute Gasteiger partial charge is 0.319 e. The summed E-state index contributed by atoms with van der Waals surface area (Å²) < 4.78 is 34.5. The van der Waals surface area contributed by atoms with E-state index in [-0.39, 0.29) is 24.2 Å². The molecule has 0 unspecified atom stereocenters. The first-order valence-electron chi connectivity index (χ1n) is 15.2. The molecule has 3 saturated heterocycles. The van der Waals surface area contributed by atoms with Gasteiger partial charge in [-0.15, -0.1) is 0 Å². The first kappa shape index (κ1) is 30.1. The van der Waals surface area contributed by atoms with Gasteiger partial charge < -0.3 is 14.5 Å². The van der Waals surface area contributed by atoms with E-state index in [0.29, 0.717) is 59.4 Å². The van der Waals surface area contributed by atoms with Crippen molar-refractivity contribution < 1.29 is 18.3 Å². The summed E-state index contributed by atoms with van der Waals surface area (Å²) in [7, 11) is 0. The molecule has 0 spiro atoms. The highest BCUT2D eigenvalue weighted by Gasteiger charge is 2.49. The Balaban J connectivity index is 1.32. The molecule has 11 heteroatoms. The molecule has 7 rings (SSSR count). The molecule has 0 aliphatic carbocycles. The molecule has 1 amide bonds. The number of piperazine rings is 1. The Labute approximate surface area is 270 Å². The summed E-state index contributed by atoms with van der Waals surface area (Å²) >= 11 is 13.7. The molecule has 0 saturated carbocycles. The fourth-order valence-corrected chi connectivity index (χ4v) is 7.95. The van der Waals surface area contributed by atoms with Crippen LogP contribution in [0.4, 0.5) is 14.6 Å².